The molecule has 108 valence electrons. The van der Waals surface area contributed by atoms with E-state index in [4.69, 9.17) is 10.2 Å². The van der Waals surface area contributed by atoms with Gasteiger partial charge >= 0.3 is 0 Å². The molecule has 8 heteroatoms. The summed E-state index contributed by atoms with van der Waals surface area (Å²) in [5.41, 5.74) is 0. The summed E-state index contributed by atoms with van der Waals surface area (Å²) in [4.78, 5) is 0.630. The molecular formula is C10H20FNO6. The summed E-state index contributed by atoms with van der Waals surface area (Å²) in [6, 6.07) is -0.500. The van der Waals surface area contributed by atoms with E-state index in [1.54, 1.807) is 6.92 Å². The van der Waals surface area contributed by atoms with Crippen LogP contribution in [0.25, 0.3) is 0 Å². The van der Waals surface area contributed by atoms with Gasteiger partial charge in [-0.25, -0.2) is 4.39 Å². The first kappa shape index (κ1) is 15.7. The Balaban J connectivity index is 0.000000280. The number of rotatable bonds is 1. The zero-order valence-corrected chi connectivity index (χ0v) is 10.1. The first-order valence-electron chi connectivity index (χ1n) is 5.82. The molecule has 0 aromatic carbocycles. The number of alkyl halides is 1. The van der Waals surface area contributed by atoms with Gasteiger partial charge in [-0.1, -0.05) is 6.92 Å². The summed E-state index contributed by atoms with van der Waals surface area (Å²) >= 11 is 0. The monoisotopic (exact) mass is 269 g/mol. The van der Waals surface area contributed by atoms with Gasteiger partial charge in [-0.05, 0) is 12.8 Å². The summed E-state index contributed by atoms with van der Waals surface area (Å²) in [6.07, 6.45) is -2.26. The van der Waals surface area contributed by atoms with Crippen molar-refractivity contribution in [1.29, 1.82) is 0 Å². The Hall–Kier alpha value is -0.350. The Kier molecular flexibility index (Phi) is 4.65. The number of halogens is 1. The van der Waals surface area contributed by atoms with Gasteiger partial charge in [0.25, 0.3) is 5.91 Å². The third-order valence-electron chi connectivity index (χ3n) is 3.18. The average Bonchev–Trinajstić information content (AvgIpc) is 2.66. The first-order valence-corrected chi connectivity index (χ1v) is 5.82. The predicted molar refractivity (Wildman–Crippen MR) is 57.2 cm³/mol. The first-order chi connectivity index (χ1) is 8.13. The standard InChI is InChI=1S/C7H12FNO4.C3H8O2/c8-5-3-4-1-2-6(10,11)9(4)7(5,12)13;1-2-3(4)5/h4-5,10-13H,1-3H2;3-5H,2H2,1H3. The molecule has 7 nitrogen and oxygen atoms in total. The van der Waals surface area contributed by atoms with E-state index < -0.39 is 30.3 Å². The van der Waals surface area contributed by atoms with Gasteiger partial charge in [0.2, 0.25) is 5.91 Å². The molecule has 0 aliphatic carbocycles. The van der Waals surface area contributed by atoms with Gasteiger partial charge in [-0.2, -0.15) is 4.90 Å². The lowest BCUT2D eigenvalue weighted by atomic mass is 10.1. The van der Waals surface area contributed by atoms with Gasteiger partial charge in [-0.3, -0.25) is 0 Å². The Morgan fingerprint density at radius 2 is 1.78 bits per heavy atom. The lowest BCUT2D eigenvalue weighted by molar-refractivity contribution is -0.373. The normalized spacial score (nSPS) is 33.2. The molecule has 0 spiro atoms. The fourth-order valence-corrected chi connectivity index (χ4v) is 2.21. The number of nitrogens with zero attached hydrogens (tertiary/aromatic N) is 1. The maximum atomic E-state index is 13.0. The highest BCUT2D eigenvalue weighted by atomic mass is 19.1. The Labute approximate surface area is 104 Å². The van der Waals surface area contributed by atoms with Crippen molar-refractivity contribution in [3.8, 4) is 0 Å². The van der Waals surface area contributed by atoms with Gasteiger partial charge < -0.3 is 30.6 Å². The molecule has 0 amide bonds. The molecule has 0 radical (unpaired) electrons. The SMILES string of the molecule is CCC(O)O.OC1(O)CCC2CC(F)C(O)(O)N21. The van der Waals surface area contributed by atoms with E-state index >= 15 is 0 Å². The molecule has 0 aromatic heterocycles. The van der Waals surface area contributed by atoms with Crippen molar-refractivity contribution in [1.82, 2.24) is 4.90 Å². The zero-order valence-electron chi connectivity index (χ0n) is 10.1. The molecule has 2 aliphatic heterocycles. The third-order valence-corrected chi connectivity index (χ3v) is 3.18. The van der Waals surface area contributed by atoms with E-state index in [2.05, 4.69) is 0 Å². The smallest absolute Gasteiger partial charge is 0.262 e. The summed E-state index contributed by atoms with van der Waals surface area (Å²) in [7, 11) is 0. The lowest BCUT2D eigenvalue weighted by Crippen LogP contribution is -2.59. The summed E-state index contributed by atoms with van der Waals surface area (Å²) < 4.78 is 13.0. The summed E-state index contributed by atoms with van der Waals surface area (Å²) in [6.45, 7) is 1.70. The van der Waals surface area contributed by atoms with Crippen LogP contribution in [0.2, 0.25) is 0 Å². The highest BCUT2D eigenvalue weighted by Gasteiger charge is 2.62. The van der Waals surface area contributed by atoms with Crippen molar-refractivity contribution in [2.24, 2.45) is 0 Å². The molecule has 2 unspecified atom stereocenters. The van der Waals surface area contributed by atoms with Crippen molar-refractivity contribution >= 4 is 0 Å². The number of hydrogen-bond donors (Lipinski definition) is 6. The fourth-order valence-electron chi connectivity index (χ4n) is 2.21. The van der Waals surface area contributed by atoms with Crippen molar-refractivity contribution in [3.05, 3.63) is 0 Å². The van der Waals surface area contributed by atoms with Crippen molar-refractivity contribution in [2.75, 3.05) is 0 Å². The molecule has 2 atom stereocenters. The van der Waals surface area contributed by atoms with Crippen LogP contribution in [0.4, 0.5) is 4.39 Å². The van der Waals surface area contributed by atoms with Crippen LogP contribution >= 0.6 is 0 Å². The molecule has 0 bridgehead atoms. The van der Waals surface area contributed by atoms with Crippen molar-refractivity contribution in [3.63, 3.8) is 0 Å². The molecule has 0 aromatic rings. The molecule has 2 saturated heterocycles. The van der Waals surface area contributed by atoms with E-state index in [-0.39, 0.29) is 12.8 Å². The second kappa shape index (κ2) is 5.33. The van der Waals surface area contributed by atoms with Gasteiger partial charge in [-0.15, -0.1) is 0 Å². The van der Waals surface area contributed by atoms with Gasteiger partial charge in [0.05, 0.1) is 0 Å². The van der Waals surface area contributed by atoms with Crippen LogP contribution in [-0.2, 0) is 0 Å². The summed E-state index contributed by atoms with van der Waals surface area (Å²) in [5.74, 6) is -5.04. The second-order valence-corrected chi connectivity index (χ2v) is 4.62. The second-order valence-electron chi connectivity index (χ2n) is 4.62. The Morgan fingerprint density at radius 3 is 2.17 bits per heavy atom. The lowest BCUT2D eigenvalue weighted by Gasteiger charge is -2.35. The molecule has 2 rings (SSSR count). The van der Waals surface area contributed by atoms with Gasteiger partial charge in [0, 0.05) is 18.9 Å². The van der Waals surface area contributed by atoms with Crippen LogP contribution < -0.4 is 0 Å². The van der Waals surface area contributed by atoms with E-state index in [1.165, 1.54) is 0 Å². The number of hydrogen-bond acceptors (Lipinski definition) is 7. The topological polar surface area (TPSA) is 125 Å². The molecule has 18 heavy (non-hydrogen) atoms. The van der Waals surface area contributed by atoms with Crippen LogP contribution in [0.1, 0.15) is 32.6 Å². The largest absolute Gasteiger partial charge is 0.368 e. The highest BCUT2D eigenvalue weighted by Crippen LogP contribution is 2.44. The fraction of sp³-hybridized carbons (Fsp3) is 1.00. The van der Waals surface area contributed by atoms with Crippen LogP contribution in [0.5, 0.6) is 0 Å². The van der Waals surface area contributed by atoms with E-state index in [0.29, 0.717) is 17.7 Å². The average molecular weight is 269 g/mol. The van der Waals surface area contributed by atoms with Crippen LogP contribution in [0, 0.1) is 0 Å². The van der Waals surface area contributed by atoms with Gasteiger partial charge in [0.15, 0.2) is 12.5 Å². The quantitative estimate of drug-likeness (QED) is 0.309. The van der Waals surface area contributed by atoms with E-state index in [0.717, 1.165) is 0 Å². The molecule has 6 N–H and O–H groups in total. The molecule has 2 heterocycles. The maximum Gasteiger partial charge on any atom is 0.262 e. The van der Waals surface area contributed by atoms with Crippen LogP contribution in [0.3, 0.4) is 0 Å². The Morgan fingerprint density at radius 1 is 1.28 bits per heavy atom. The highest BCUT2D eigenvalue weighted by molar-refractivity contribution is 5.00. The molecule has 0 saturated carbocycles. The third kappa shape index (κ3) is 2.97. The minimum atomic E-state index is -2.75. The minimum absolute atomic E-state index is 0.00720. The zero-order chi connectivity index (χ0) is 14.1. The van der Waals surface area contributed by atoms with Gasteiger partial charge in [0.1, 0.15) is 0 Å². The molecule has 2 fully saturated rings. The van der Waals surface area contributed by atoms with E-state index in [1.807, 2.05) is 0 Å². The number of aliphatic hydroxyl groups is 6. The van der Waals surface area contributed by atoms with E-state index in [9.17, 15) is 24.8 Å². The van der Waals surface area contributed by atoms with Crippen LogP contribution in [0.15, 0.2) is 0 Å². The Bertz CT molecular complexity index is 286. The molecular weight excluding hydrogens is 249 g/mol. The number of fused-ring (bicyclic) bond motifs is 1. The van der Waals surface area contributed by atoms with Crippen molar-refractivity contribution < 1.29 is 35.0 Å². The number of aliphatic hydroxyl groups excluding tert-OH is 1. The van der Waals surface area contributed by atoms with Crippen LogP contribution in [-0.4, -0.2) is 65.9 Å². The summed E-state index contributed by atoms with van der Waals surface area (Å²) in [5, 5.41) is 53.0. The van der Waals surface area contributed by atoms with Crippen molar-refractivity contribution in [2.45, 2.75) is 62.9 Å². The molecule has 2 aliphatic rings. The maximum absolute atomic E-state index is 13.0. The predicted octanol–water partition coefficient (Wildman–Crippen LogP) is -1.82. The minimum Gasteiger partial charge on any atom is -0.368 e.